The van der Waals surface area contributed by atoms with Gasteiger partial charge in [0.2, 0.25) is 0 Å². The number of hydrogen-bond donors (Lipinski definition) is 0. The molecule has 1 aliphatic heterocycles. The van der Waals surface area contributed by atoms with Crippen LogP contribution in [0, 0.1) is 5.41 Å². The molecule has 0 aromatic heterocycles. The Balaban J connectivity index is 2.74. The average molecular weight is 264 g/mol. The zero-order valence-electron chi connectivity index (χ0n) is 10.6. The fourth-order valence-electron chi connectivity index (χ4n) is 1.99. The quantitative estimate of drug-likeness (QED) is 0.702. The second kappa shape index (κ2) is 5.35. The van der Waals surface area contributed by atoms with Crippen molar-refractivity contribution in [2.75, 3.05) is 26.1 Å². The van der Waals surface area contributed by atoms with Gasteiger partial charge >= 0.3 is 5.97 Å². The molecule has 0 atom stereocenters. The van der Waals surface area contributed by atoms with E-state index in [1.807, 2.05) is 0 Å². The Hall–Kier alpha value is -0.620. The van der Waals surface area contributed by atoms with Gasteiger partial charge in [0.1, 0.15) is 0 Å². The van der Waals surface area contributed by atoms with Crippen LogP contribution in [-0.2, 0) is 24.1 Å². The Kier molecular flexibility index (Phi) is 4.55. The van der Waals surface area contributed by atoms with E-state index in [9.17, 15) is 13.2 Å². The highest BCUT2D eigenvalue weighted by molar-refractivity contribution is 7.92. The molecule has 0 aromatic carbocycles. The van der Waals surface area contributed by atoms with Crippen LogP contribution in [0.4, 0.5) is 0 Å². The van der Waals surface area contributed by atoms with Gasteiger partial charge in [-0.3, -0.25) is 4.79 Å². The van der Waals surface area contributed by atoms with Crippen LogP contribution in [0.3, 0.4) is 0 Å². The predicted octanol–water partition coefficient (Wildman–Crippen LogP) is 0.779. The third-order valence-electron chi connectivity index (χ3n) is 2.98. The van der Waals surface area contributed by atoms with Crippen molar-refractivity contribution in [3.63, 3.8) is 0 Å². The van der Waals surface area contributed by atoms with Crippen LogP contribution in [0.5, 0.6) is 0 Å². The molecule has 0 spiro atoms. The Labute approximate surface area is 102 Å². The van der Waals surface area contributed by atoms with E-state index >= 15 is 0 Å². The summed E-state index contributed by atoms with van der Waals surface area (Å²) in [7, 11) is -2.01. The summed E-state index contributed by atoms with van der Waals surface area (Å²) < 4.78 is 34.1. The van der Waals surface area contributed by atoms with E-state index in [0.29, 0.717) is 26.1 Å². The summed E-state index contributed by atoms with van der Waals surface area (Å²) in [5, 5.41) is -0.389. The van der Waals surface area contributed by atoms with Crippen molar-refractivity contribution in [3.05, 3.63) is 0 Å². The maximum atomic E-state index is 12.2. The van der Waals surface area contributed by atoms with Crippen LogP contribution in [0.15, 0.2) is 0 Å². The van der Waals surface area contributed by atoms with Gasteiger partial charge in [-0.05, 0) is 26.7 Å². The molecule has 1 saturated heterocycles. The molecule has 0 aromatic rings. The molecular weight excluding hydrogens is 244 g/mol. The normalized spacial score (nSPS) is 19.0. The lowest BCUT2D eigenvalue weighted by molar-refractivity contribution is -0.149. The first-order valence-corrected chi connectivity index (χ1v) is 7.39. The first-order valence-electron chi connectivity index (χ1n) is 5.67. The van der Waals surface area contributed by atoms with Gasteiger partial charge in [-0.2, -0.15) is 0 Å². The molecule has 0 radical (unpaired) electrons. The first-order chi connectivity index (χ1) is 7.79. The monoisotopic (exact) mass is 264 g/mol. The lowest BCUT2D eigenvalue weighted by Crippen LogP contribution is -2.39. The Morgan fingerprint density at radius 1 is 1.35 bits per heavy atom. The van der Waals surface area contributed by atoms with E-state index in [2.05, 4.69) is 4.74 Å². The first kappa shape index (κ1) is 14.4. The van der Waals surface area contributed by atoms with Crippen molar-refractivity contribution in [1.82, 2.24) is 0 Å². The average Bonchev–Trinajstić information content (AvgIpc) is 2.27. The molecule has 5 nitrogen and oxygen atoms in total. The number of ether oxygens (including phenoxy) is 2. The number of hydrogen-bond acceptors (Lipinski definition) is 5. The third kappa shape index (κ3) is 3.67. The minimum Gasteiger partial charge on any atom is -0.469 e. The molecule has 100 valence electrons. The van der Waals surface area contributed by atoms with E-state index in [4.69, 9.17) is 4.74 Å². The summed E-state index contributed by atoms with van der Waals surface area (Å²) in [6.45, 7) is 4.14. The van der Waals surface area contributed by atoms with E-state index in [1.165, 1.54) is 7.11 Å². The van der Waals surface area contributed by atoms with Crippen LogP contribution < -0.4 is 0 Å². The highest BCUT2D eigenvalue weighted by atomic mass is 32.2. The largest absolute Gasteiger partial charge is 0.469 e. The molecule has 1 heterocycles. The lowest BCUT2D eigenvalue weighted by Gasteiger charge is -2.27. The summed E-state index contributed by atoms with van der Waals surface area (Å²) in [4.78, 5) is 11.5. The van der Waals surface area contributed by atoms with Gasteiger partial charge in [0, 0.05) is 13.2 Å². The SMILES string of the molecule is COC(=O)C(C)(C)CS(=O)(=O)C1CCOCC1. The molecule has 0 aliphatic carbocycles. The number of carbonyl (C=O) groups excluding carboxylic acids is 1. The Morgan fingerprint density at radius 2 is 1.88 bits per heavy atom. The van der Waals surface area contributed by atoms with E-state index < -0.39 is 21.2 Å². The minimum absolute atomic E-state index is 0.169. The van der Waals surface area contributed by atoms with Crippen LogP contribution in [0.1, 0.15) is 26.7 Å². The van der Waals surface area contributed by atoms with Crippen LogP contribution in [0.2, 0.25) is 0 Å². The number of carbonyl (C=O) groups is 1. The molecule has 17 heavy (non-hydrogen) atoms. The second-order valence-corrected chi connectivity index (χ2v) is 7.28. The van der Waals surface area contributed by atoms with Crippen molar-refractivity contribution in [2.45, 2.75) is 31.9 Å². The highest BCUT2D eigenvalue weighted by Gasteiger charge is 2.38. The standard InChI is InChI=1S/C11H20O5S/c1-11(2,10(12)15-3)8-17(13,14)9-4-6-16-7-5-9/h9H,4-8H2,1-3H3. The molecular formula is C11H20O5S. The number of methoxy groups -OCH3 is 1. The van der Waals surface area contributed by atoms with Gasteiger partial charge in [0.25, 0.3) is 0 Å². The zero-order chi connectivity index (χ0) is 13.1. The molecule has 0 unspecified atom stereocenters. The molecule has 0 saturated carbocycles. The summed E-state index contributed by atoms with van der Waals surface area (Å²) in [6, 6.07) is 0. The smallest absolute Gasteiger partial charge is 0.312 e. The van der Waals surface area contributed by atoms with Gasteiger partial charge in [0.15, 0.2) is 9.84 Å². The van der Waals surface area contributed by atoms with Crippen molar-refractivity contribution >= 4 is 15.8 Å². The van der Waals surface area contributed by atoms with E-state index in [1.54, 1.807) is 13.8 Å². The summed E-state index contributed by atoms with van der Waals surface area (Å²) in [5.41, 5.74) is -0.994. The van der Waals surface area contributed by atoms with Gasteiger partial charge in [-0.15, -0.1) is 0 Å². The molecule has 1 aliphatic rings. The molecule has 0 bridgehead atoms. The van der Waals surface area contributed by atoms with Gasteiger partial charge in [-0.25, -0.2) is 8.42 Å². The maximum absolute atomic E-state index is 12.2. The highest BCUT2D eigenvalue weighted by Crippen LogP contribution is 2.25. The lowest BCUT2D eigenvalue weighted by atomic mass is 9.97. The molecule has 1 fully saturated rings. The van der Waals surface area contributed by atoms with Crippen molar-refractivity contribution in [3.8, 4) is 0 Å². The number of rotatable bonds is 4. The number of esters is 1. The van der Waals surface area contributed by atoms with Crippen molar-refractivity contribution in [2.24, 2.45) is 5.41 Å². The summed E-state index contributed by atoms with van der Waals surface area (Å²) >= 11 is 0. The fourth-order valence-corrected chi connectivity index (χ4v) is 4.26. The molecule has 0 amide bonds. The predicted molar refractivity (Wildman–Crippen MR) is 63.4 cm³/mol. The fraction of sp³-hybridized carbons (Fsp3) is 0.909. The maximum Gasteiger partial charge on any atom is 0.312 e. The van der Waals surface area contributed by atoms with Crippen LogP contribution in [-0.4, -0.2) is 45.7 Å². The van der Waals surface area contributed by atoms with Crippen LogP contribution >= 0.6 is 0 Å². The van der Waals surface area contributed by atoms with Crippen molar-refractivity contribution in [1.29, 1.82) is 0 Å². The van der Waals surface area contributed by atoms with Gasteiger partial charge in [-0.1, -0.05) is 0 Å². The minimum atomic E-state index is -3.28. The van der Waals surface area contributed by atoms with E-state index in [-0.39, 0.29) is 11.0 Å². The van der Waals surface area contributed by atoms with Gasteiger partial charge in [0.05, 0.1) is 23.5 Å². The second-order valence-electron chi connectivity index (χ2n) is 4.99. The molecule has 0 N–H and O–H groups in total. The van der Waals surface area contributed by atoms with Crippen LogP contribution in [0.25, 0.3) is 0 Å². The Bertz CT molecular complexity index is 365. The molecule has 6 heteroatoms. The third-order valence-corrected chi connectivity index (χ3v) is 5.59. The van der Waals surface area contributed by atoms with Crippen molar-refractivity contribution < 1.29 is 22.7 Å². The van der Waals surface area contributed by atoms with E-state index in [0.717, 1.165) is 0 Å². The van der Waals surface area contributed by atoms with Gasteiger partial charge < -0.3 is 9.47 Å². The summed E-state index contributed by atoms with van der Waals surface area (Å²) in [5.74, 6) is -0.662. The molecule has 1 rings (SSSR count). The topological polar surface area (TPSA) is 69.7 Å². The Morgan fingerprint density at radius 3 is 2.35 bits per heavy atom. The summed E-state index contributed by atoms with van der Waals surface area (Å²) in [6.07, 6.45) is 1.03. The number of sulfone groups is 1. The zero-order valence-corrected chi connectivity index (χ0v) is 11.4.